The van der Waals surface area contributed by atoms with Crippen LogP contribution in [0.25, 0.3) is 43.6 Å². The number of fused-ring (bicyclic) bond motifs is 6. The van der Waals surface area contributed by atoms with Gasteiger partial charge in [-0.1, -0.05) is 48.5 Å². The van der Waals surface area contributed by atoms with Gasteiger partial charge in [0.25, 0.3) is 0 Å². The molecule has 2 N–H and O–H groups in total. The molecule has 0 spiro atoms. The van der Waals surface area contributed by atoms with Gasteiger partial charge in [-0.15, -0.1) is 0 Å². The number of para-hydroxylation sites is 2. The summed E-state index contributed by atoms with van der Waals surface area (Å²) in [5, 5.41) is 5.58. The monoisotopic (exact) mass is 502 g/mol. The molecule has 1 aliphatic rings. The van der Waals surface area contributed by atoms with Gasteiger partial charge < -0.3 is 18.9 Å². The predicted molar refractivity (Wildman–Crippen MR) is 159 cm³/mol. The maximum Gasteiger partial charge on any atom is 0.127 e. The lowest BCUT2D eigenvalue weighted by Gasteiger charge is -2.30. The Morgan fingerprint density at radius 2 is 0.895 bits per heavy atom. The number of quaternary nitrogens is 2. The summed E-state index contributed by atoms with van der Waals surface area (Å²) in [6.45, 7) is 13.7. The van der Waals surface area contributed by atoms with E-state index in [-0.39, 0.29) is 0 Å². The second-order valence-electron chi connectivity index (χ2n) is 11.1. The smallest absolute Gasteiger partial charge is 0.127 e. The van der Waals surface area contributed by atoms with Gasteiger partial charge in [-0.2, -0.15) is 0 Å². The summed E-state index contributed by atoms with van der Waals surface area (Å²) >= 11 is 0. The number of hydrogen-bond acceptors (Lipinski definition) is 0. The van der Waals surface area contributed by atoms with E-state index in [1.165, 1.54) is 80.9 Å². The quantitative estimate of drug-likeness (QED) is 0.336. The van der Waals surface area contributed by atoms with Crippen molar-refractivity contribution in [2.75, 3.05) is 26.2 Å². The number of nitrogens with one attached hydrogen (secondary N) is 2. The molecule has 2 aromatic heterocycles. The number of rotatable bonds is 6. The van der Waals surface area contributed by atoms with Crippen molar-refractivity contribution in [2.24, 2.45) is 0 Å². The molecule has 1 aliphatic heterocycles. The third-order valence-corrected chi connectivity index (χ3v) is 8.88. The molecule has 4 aromatic carbocycles. The highest BCUT2D eigenvalue weighted by atomic mass is 15.3. The first-order chi connectivity index (χ1) is 18.7. The van der Waals surface area contributed by atoms with E-state index < -0.39 is 0 Å². The van der Waals surface area contributed by atoms with E-state index in [1.54, 1.807) is 9.80 Å². The lowest BCUT2D eigenvalue weighted by Crippen LogP contribution is -3.27. The van der Waals surface area contributed by atoms with Gasteiger partial charge in [0.1, 0.15) is 39.3 Å². The van der Waals surface area contributed by atoms with E-state index >= 15 is 0 Å². The molecule has 0 unspecified atom stereocenters. The second kappa shape index (κ2) is 9.61. The minimum atomic E-state index is 1.01. The Morgan fingerprint density at radius 1 is 0.500 bits per heavy atom. The molecule has 6 aromatic rings. The Hall–Kier alpha value is -3.60. The molecular weight excluding hydrogens is 464 g/mol. The van der Waals surface area contributed by atoms with E-state index in [2.05, 4.69) is 108 Å². The average molecular weight is 503 g/mol. The van der Waals surface area contributed by atoms with Crippen molar-refractivity contribution < 1.29 is 9.80 Å². The third-order valence-electron chi connectivity index (χ3n) is 8.88. The van der Waals surface area contributed by atoms with Crippen molar-refractivity contribution in [3.8, 4) is 0 Å². The topological polar surface area (TPSA) is 18.7 Å². The number of nitrogens with zero attached hydrogens (tertiary/aromatic N) is 2. The molecule has 1 fully saturated rings. The third kappa shape index (κ3) is 3.91. The SMILES string of the molecule is CCn1c2ccccc2c2cc(C[NH+]3CC[NH+](Cc4ccc5c(c4)c4ccccc4n5CC)CC3)ccc21. The van der Waals surface area contributed by atoms with Crippen LogP contribution in [-0.2, 0) is 26.2 Å². The lowest BCUT2D eigenvalue weighted by molar-refractivity contribution is -1.02. The molecule has 0 radical (unpaired) electrons. The van der Waals surface area contributed by atoms with Crippen LogP contribution in [0.4, 0.5) is 0 Å². The number of aryl methyl sites for hydroxylation is 2. The molecule has 4 nitrogen and oxygen atoms in total. The molecule has 1 saturated heterocycles. The molecule has 3 heterocycles. The molecule has 0 saturated carbocycles. The molecule has 0 atom stereocenters. The minimum Gasteiger partial charge on any atom is -0.341 e. The summed E-state index contributed by atoms with van der Waals surface area (Å²) in [5.74, 6) is 0. The minimum absolute atomic E-state index is 1.01. The summed E-state index contributed by atoms with van der Waals surface area (Å²) in [6, 6.07) is 32.0. The number of hydrogen-bond donors (Lipinski definition) is 2. The maximum atomic E-state index is 2.46. The van der Waals surface area contributed by atoms with Gasteiger partial charge in [-0.3, -0.25) is 0 Å². The van der Waals surface area contributed by atoms with Crippen LogP contribution >= 0.6 is 0 Å². The highest BCUT2D eigenvalue weighted by Gasteiger charge is 2.24. The van der Waals surface area contributed by atoms with Gasteiger partial charge in [0.15, 0.2) is 0 Å². The zero-order chi connectivity index (χ0) is 25.6. The Morgan fingerprint density at radius 3 is 1.32 bits per heavy atom. The predicted octanol–water partition coefficient (Wildman–Crippen LogP) is 4.43. The number of aromatic nitrogens is 2. The van der Waals surface area contributed by atoms with Crippen molar-refractivity contribution in [1.82, 2.24) is 9.13 Å². The lowest BCUT2D eigenvalue weighted by atomic mass is 10.1. The Balaban J connectivity index is 1.05. The fourth-order valence-electron chi connectivity index (χ4n) is 6.99. The van der Waals surface area contributed by atoms with E-state index in [0.717, 1.165) is 26.2 Å². The molecule has 0 aliphatic carbocycles. The molecular formula is C34H38N4+2. The first-order valence-corrected chi connectivity index (χ1v) is 14.4. The Labute approximate surface area is 224 Å². The van der Waals surface area contributed by atoms with Crippen molar-refractivity contribution in [1.29, 1.82) is 0 Å². The first-order valence-electron chi connectivity index (χ1n) is 14.4. The van der Waals surface area contributed by atoms with Crippen LogP contribution in [0.2, 0.25) is 0 Å². The summed E-state index contributed by atoms with van der Waals surface area (Å²) in [4.78, 5) is 3.43. The van der Waals surface area contributed by atoms with Gasteiger partial charge in [-0.25, -0.2) is 0 Å². The van der Waals surface area contributed by atoms with E-state index in [0.29, 0.717) is 0 Å². The normalized spacial score (nSPS) is 18.3. The highest BCUT2D eigenvalue weighted by molar-refractivity contribution is 6.09. The second-order valence-corrected chi connectivity index (χ2v) is 11.1. The van der Waals surface area contributed by atoms with E-state index in [1.807, 2.05) is 0 Å². The van der Waals surface area contributed by atoms with Crippen molar-refractivity contribution in [3.05, 3.63) is 96.1 Å². The van der Waals surface area contributed by atoms with Gasteiger partial charge in [0.2, 0.25) is 0 Å². The highest BCUT2D eigenvalue weighted by Crippen LogP contribution is 2.30. The molecule has 38 heavy (non-hydrogen) atoms. The molecule has 0 bridgehead atoms. The summed E-state index contributed by atoms with van der Waals surface area (Å²) in [6.07, 6.45) is 0. The summed E-state index contributed by atoms with van der Waals surface area (Å²) < 4.78 is 4.89. The zero-order valence-corrected chi connectivity index (χ0v) is 22.6. The molecule has 192 valence electrons. The molecule has 0 amide bonds. The number of piperazine rings is 1. The van der Waals surface area contributed by atoms with Gasteiger partial charge in [0.05, 0.1) is 0 Å². The largest absolute Gasteiger partial charge is 0.341 e. The molecule has 7 rings (SSSR count). The first kappa shape index (κ1) is 23.5. The fraction of sp³-hybridized carbons (Fsp3) is 0.294. The van der Waals surface area contributed by atoms with Gasteiger partial charge in [0, 0.05) is 67.8 Å². The average Bonchev–Trinajstić information content (AvgIpc) is 3.45. The Kier molecular flexibility index (Phi) is 5.95. The van der Waals surface area contributed by atoms with Crippen LogP contribution in [0.3, 0.4) is 0 Å². The summed E-state index contributed by atoms with van der Waals surface area (Å²) in [5.41, 5.74) is 8.36. The maximum absolute atomic E-state index is 2.46. The zero-order valence-electron chi connectivity index (χ0n) is 22.6. The summed E-state index contributed by atoms with van der Waals surface area (Å²) in [7, 11) is 0. The number of benzene rings is 4. The van der Waals surface area contributed by atoms with Gasteiger partial charge >= 0.3 is 0 Å². The fourth-order valence-corrected chi connectivity index (χ4v) is 6.99. The van der Waals surface area contributed by atoms with Crippen molar-refractivity contribution in [2.45, 2.75) is 40.0 Å². The van der Waals surface area contributed by atoms with Crippen LogP contribution in [0, 0.1) is 0 Å². The van der Waals surface area contributed by atoms with E-state index in [4.69, 9.17) is 0 Å². The van der Waals surface area contributed by atoms with Crippen LogP contribution < -0.4 is 9.80 Å². The van der Waals surface area contributed by atoms with Crippen LogP contribution in [-0.4, -0.2) is 35.3 Å². The van der Waals surface area contributed by atoms with Crippen molar-refractivity contribution in [3.63, 3.8) is 0 Å². The van der Waals surface area contributed by atoms with Gasteiger partial charge in [-0.05, 0) is 50.2 Å². The molecule has 4 heteroatoms. The Bertz CT molecular complexity index is 1630. The van der Waals surface area contributed by atoms with Crippen LogP contribution in [0.15, 0.2) is 84.9 Å². The van der Waals surface area contributed by atoms with Crippen LogP contribution in [0.1, 0.15) is 25.0 Å². The van der Waals surface area contributed by atoms with Crippen LogP contribution in [0.5, 0.6) is 0 Å². The van der Waals surface area contributed by atoms with Crippen molar-refractivity contribution >= 4 is 43.6 Å². The van der Waals surface area contributed by atoms with E-state index in [9.17, 15) is 0 Å². The standard InChI is InChI=1S/C34H36N4/c1-3-37-31-11-7-5-9-27(31)29-21-25(13-15-33(29)37)23-35-17-19-36(20-18-35)24-26-14-16-34-30(22-26)28-10-6-8-12-32(28)38(34)4-2/h5-16,21-22H,3-4,17-20,23-24H2,1-2H3/p+2.